The normalized spacial score (nSPS) is 14.8. The fourth-order valence-corrected chi connectivity index (χ4v) is 4.41. The van der Waals surface area contributed by atoms with E-state index in [1.165, 1.54) is 16.9 Å². The molecule has 1 aromatic carbocycles. The molecule has 8 heteroatoms. The van der Waals surface area contributed by atoms with Gasteiger partial charge in [0.25, 0.3) is 0 Å². The third-order valence-corrected chi connectivity index (χ3v) is 6.34. The monoisotopic (exact) mass is 449 g/mol. The van der Waals surface area contributed by atoms with Crippen molar-refractivity contribution in [3.63, 3.8) is 0 Å². The summed E-state index contributed by atoms with van der Waals surface area (Å²) in [6.07, 6.45) is 3.18. The van der Waals surface area contributed by atoms with Crippen molar-refractivity contribution in [2.45, 2.75) is 26.7 Å². The molecule has 3 heterocycles. The van der Waals surface area contributed by atoms with Crippen molar-refractivity contribution in [1.82, 2.24) is 14.9 Å². The number of amides is 2. The molecule has 2 amide bonds. The summed E-state index contributed by atoms with van der Waals surface area (Å²) in [5, 5.41) is 8.35. The van der Waals surface area contributed by atoms with Crippen LogP contribution in [0.15, 0.2) is 48.0 Å². The molecule has 1 aliphatic rings. The van der Waals surface area contributed by atoms with Crippen LogP contribution in [0.4, 0.5) is 10.9 Å². The first-order valence-corrected chi connectivity index (χ1v) is 11.6. The highest BCUT2D eigenvalue weighted by Crippen LogP contribution is 2.25. The predicted molar refractivity (Wildman–Crippen MR) is 128 cm³/mol. The molecule has 3 aromatic rings. The van der Waals surface area contributed by atoms with Crippen LogP contribution in [0.2, 0.25) is 0 Å². The molecule has 1 fully saturated rings. The van der Waals surface area contributed by atoms with Gasteiger partial charge in [-0.3, -0.25) is 14.5 Å². The number of pyridine rings is 1. The van der Waals surface area contributed by atoms with Gasteiger partial charge >= 0.3 is 0 Å². The highest BCUT2D eigenvalue weighted by Gasteiger charge is 2.26. The standard InChI is InChI=1S/C24H27N5O2S/c1-16-3-6-18(7-4-16)20-15-32-24(26-20)28-22(30)14-29-11-9-19(10-12-29)23(31)27-21-8-5-17(2)13-25-21/h3-8,13,15,19H,9-12,14H2,1-2H3,(H,25,27,31)(H,26,28,30). The van der Waals surface area contributed by atoms with Crippen molar-refractivity contribution in [2.75, 3.05) is 30.3 Å². The van der Waals surface area contributed by atoms with Crippen molar-refractivity contribution in [2.24, 2.45) is 5.92 Å². The average Bonchev–Trinajstić information content (AvgIpc) is 3.24. The second-order valence-electron chi connectivity index (χ2n) is 8.21. The minimum absolute atomic E-state index is 0.00289. The summed E-state index contributed by atoms with van der Waals surface area (Å²) in [6, 6.07) is 11.9. The Bertz CT molecular complexity index is 1070. The second kappa shape index (κ2) is 10.0. The van der Waals surface area contributed by atoms with Gasteiger partial charge in [-0.25, -0.2) is 9.97 Å². The molecule has 166 valence electrons. The summed E-state index contributed by atoms with van der Waals surface area (Å²) in [5.74, 6) is 0.433. The van der Waals surface area contributed by atoms with Crippen LogP contribution in [-0.2, 0) is 9.59 Å². The number of likely N-dealkylation sites (tertiary alicyclic amines) is 1. The molecule has 0 unspecified atom stereocenters. The van der Waals surface area contributed by atoms with Crippen LogP contribution in [0.5, 0.6) is 0 Å². The van der Waals surface area contributed by atoms with Crippen LogP contribution < -0.4 is 10.6 Å². The van der Waals surface area contributed by atoms with Gasteiger partial charge in [0.1, 0.15) is 5.82 Å². The lowest BCUT2D eigenvalue weighted by molar-refractivity contribution is -0.121. The number of piperidine rings is 1. The number of benzene rings is 1. The van der Waals surface area contributed by atoms with E-state index in [4.69, 9.17) is 0 Å². The van der Waals surface area contributed by atoms with E-state index in [2.05, 4.69) is 25.5 Å². The van der Waals surface area contributed by atoms with Gasteiger partial charge in [0, 0.05) is 23.1 Å². The van der Waals surface area contributed by atoms with Gasteiger partial charge in [-0.1, -0.05) is 35.9 Å². The summed E-state index contributed by atoms with van der Waals surface area (Å²) in [5.41, 5.74) is 4.15. The summed E-state index contributed by atoms with van der Waals surface area (Å²) in [7, 11) is 0. The minimum atomic E-state index is -0.0819. The van der Waals surface area contributed by atoms with E-state index in [9.17, 15) is 9.59 Å². The maximum atomic E-state index is 12.5. The largest absolute Gasteiger partial charge is 0.310 e. The Hall–Kier alpha value is -3.10. The first-order valence-electron chi connectivity index (χ1n) is 10.7. The van der Waals surface area contributed by atoms with Gasteiger partial charge in [-0.2, -0.15) is 0 Å². The smallest absolute Gasteiger partial charge is 0.240 e. The van der Waals surface area contributed by atoms with E-state index >= 15 is 0 Å². The molecule has 2 aromatic heterocycles. The molecule has 0 radical (unpaired) electrons. The van der Waals surface area contributed by atoms with Crippen molar-refractivity contribution >= 4 is 34.1 Å². The molecule has 7 nitrogen and oxygen atoms in total. The Morgan fingerprint density at radius 2 is 1.75 bits per heavy atom. The number of nitrogens with zero attached hydrogens (tertiary/aromatic N) is 3. The molecule has 2 N–H and O–H groups in total. The Morgan fingerprint density at radius 3 is 2.44 bits per heavy atom. The van der Waals surface area contributed by atoms with E-state index in [-0.39, 0.29) is 17.7 Å². The molecule has 0 atom stereocenters. The lowest BCUT2D eigenvalue weighted by Gasteiger charge is -2.30. The molecule has 1 aliphatic heterocycles. The molecule has 1 saturated heterocycles. The summed E-state index contributed by atoms with van der Waals surface area (Å²) >= 11 is 1.42. The molecular weight excluding hydrogens is 422 g/mol. The van der Waals surface area contributed by atoms with Crippen LogP contribution in [-0.4, -0.2) is 46.3 Å². The Balaban J connectivity index is 1.23. The van der Waals surface area contributed by atoms with E-state index in [0.717, 1.165) is 29.7 Å². The average molecular weight is 450 g/mol. The Morgan fingerprint density at radius 1 is 1.03 bits per heavy atom. The number of nitrogens with one attached hydrogen (secondary N) is 2. The first kappa shape index (κ1) is 22.1. The van der Waals surface area contributed by atoms with Crippen LogP contribution >= 0.6 is 11.3 Å². The third kappa shape index (κ3) is 5.77. The third-order valence-electron chi connectivity index (χ3n) is 5.59. The number of aromatic nitrogens is 2. The van der Waals surface area contributed by atoms with E-state index < -0.39 is 0 Å². The lowest BCUT2D eigenvalue weighted by atomic mass is 9.96. The number of rotatable bonds is 6. The van der Waals surface area contributed by atoms with Crippen LogP contribution in [0, 0.1) is 19.8 Å². The summed E-state index contributed by atoms with van der Waals surface area (Å²) in [6.45, 7) is 5.72. The Labute approximate surface area is 191 Å². The number of carbonyl (C=O) groups excluding carboxylic acids is 2. The molecule has 32 heavy (non-hydrogen) atoms. The second-order valence-corrected chi connectivity index (χ2v) is 9.07. The summed E-state index contributed by atoms with van der Waals surface area (Å²) in [4.78, 5) is 35.8. The zero-order chi connectivity index (χ0) is 22.5. The molecule has 0 saturated carbocycles. The van der Waals surface area contributed by atoms with Gasteiger partial charge in [-0.05, 0) is 51.4 Å². The highest BCUT2D eigenvalue weighted by atomic mass is 32.1. The van der Waals surface area contributed by atoms with Crippen molar-refractivity contribution in [3.8, 4) is 11.3 Å². The minimum Gasteiger partial charge on any atom is -0.310 e. The van der Waals surface area contributed by atoms with Crippen LogP contribution in [0.1, 0.15) is 24.0 Å². The van der Waals surface area contributed by atoms with E-state index in [0.29, 0.717) is 30.6 Å². The van der Waals surface area contributed by atoms with Crippen LogP contribution in [0.25, 0.3) is 11.3 Å². The quantitative estimate of drug-likeness (QED) is 0.591. The van der Waals surface area contributed by atoms with Gasteiger partial charge in [-0.15, -0.1) is 11.3 Å². The fraction of sp³-hybridized carbons (Fsp3) is 0.333. The SMILES string of the molecule is Cc1ccc(-c2csc(NC(=O)CN3CCC(C(=O)Nc4ccc(C)cn4)CC3)n2)cc1. The first-order chi connectivity index (χ1) is 15.5. The molecular formula is C24H27N5O2S. The number of carbonyl (C=O) groups is 2. The maximum absolute atomic E-state index is 12.5. The molecule has 4 rings (SSSR count). The number of hydrogen-bond donors (Lipinski definition) is 2. The summed E-state index contributed by atoms with van der Waals surface area (Å²) < 4.78 is 0. The van der Waals surface area contributed by atoms with Gasteiger partial charge in [0.2, 0.25) is 11.8 Å². The fourth-order valence-electron chi connectivity index (χ4n) is 3.67. The predicted octanol–water partition coefficient (Wildman–Crippen LogP) is 4.11. The number of aryl methyl sites for hydroxylation is 2. The maximum Gasteiger partial charge on any atom is 0.240 e. The van der Waals surface area contributed by atoms with Gasteiger partial charge in [0.05, 0.1) is 12.2 Å². The Kier molecular flexibility index (Phi) is 6.92. The number of thiazole rings is 1. The number of hydrogen-bond acceptors (Lipinski definition) is 6. The van der Waals surface area contributed by atoms with Crippen LogP contribution in [0.3, 0.4) is 0 Å². The highest BCUT2D eigenvalue weighted by molar-refractivity contribution is 7.14. The number of anilines is 2. The topological polar surface area (TPSA) is 87.2 Å². The zero-order valence-electron chi connectivity index (χ0n) is 18.3. The molecule has 0 spiro atoms. The van der Waals surface area contributed by atoms with Crippen molar-refractivity contribution < 1.29 is 9.59 Å². The van der Waals surface area contributed by atoms with Crippen molar-refractivity contribution in [3.05, 3.63) is 59.1 Å². The van der Waals surface area contributed by atoms with E-state index in [1.54, 1.807) is 6.20 Å². The molecule has 0 aliphatic carbocycles. The lowest BCUT2D eigenvalue weighted by Crippen LogP contribution is -2.41. The van der Waals surface area contributed by atoms with E-state index in [1.807, 2.05) is 55.6 Å². The molecule has 0 bridgehead atoms. The van der Waals surface area contributed by atoms with Gasteiger partial charge < -0.3 is 10.6 Å². The zero-order valence-corrected chi connectivity index (χ0v) is 19.1. The van der Waals surface area contributed by atoms with Crippen molar-refractivity contribution in [1.29, 1.82) is 0 Å². The van der Waals surface area contributed by atoms with Gasteiger partial charge in [0.15, 0.2) is 5.13 Å².